The summed E-state index contributed by atoms with van der Waals surface area (Å²) in [5, 5.41) is 17.6. The summed E-state index contributed by atoms with van der Waals surface area (Å²) in [5.74, 6) is 1.94. The zero-order valence-electron chi connectivity index (χ0n) is 19.2. The summed E-state index contributed by atoms with van der Waals surface area (Å²) in [6.07, 6.45) is 3.04. The van der Waals surface area contributed by atoms with E-state index in [9.17, 15) is 0 Å². The molecule has 166 valence electrons. The van der Waals surface area contributed by atoms with Gasteiger partial charge in [0.2, 0.25) is 5.89 Å². The van der Waals surface area contributed by atoms with E-state index in [4.69, 9.17) is 4.42 Å². The molecule has 1 unspecified atom stereocenters. The highest BCUT2D eigenvalue weighted by Crippen LogP contribution is 2.28. The molecule has 0 amide bonds. The number of rotatable bonds is 8. The highest BCUT2D eigenvalue weighted by Gasteiger charge is 2.17. The molecule has 2 aromatic carbocycles. The predicted molar refractivity (Wildman–Crippen MR) is 127 cm³/mol. The predicted octanol–water partition coefficient (Wildman–Crippen LogP) is 5.91. The molecule has 0 saturated heterocycles. The fourth-order valence-corrected chi connectivity index (χ4v) is 4.34. The zero-order chi connectivity index (χ0) is 22.7. The first-order chi connectivity index (χ1) is 15.4. The molecule has 0 fully saturated rings. The van der Waals surface area contributed by atoms with Gasteiger partial charge in [-0.15, -0.1) is 15.3 Å². The van der Waals surface area contributed by atoms with Gasteiger partial charge in [-0.05, 0) is 55.9 Å². The third-order valence-corrected chi connectivity index (χ3v) is 6.25. The van der Waals surface area contributed by atoms with Gasteiger partial charge in [-0.25, -0.2) is 4.68 Å². The topological polar surface area (TPSA) is 69.6 Å². The van der Waals surface area contributed by atoms with Crippen molar-refractivity contribution in [3.05, 3.63) is 82.5 Å². The molecule has 1 atom stereocenters. The van der Waals surface area contributed by atoms with Crippen LogP contribution in [0.3, 0.4) is 0 Å². The van der Waals surface area contributed by atoms with Crippen molar-refractivity contribution in [1.29, 1.82) is 0 Å². The molecule has 4 rings (SSSR count). The van der Waals surface area contributed by atoms with Crippen LogP contribution in [0.1, 0.15) is 60.5 Å². The third-order valence-electron chi connectivity index (χ3n) is 5.40. The first kappa shape index (κ1) is 22.3. The Bertz CT molecular complexity index is 1180. The largest absolute Gasteiger partial charge is 0.415 e. The van der Waals surface area contributed by atoms with Crippen LogP contribution in [0.4, 0.5) is 0 Å². The highest BCUT2D eigenvalue weighted by atomic mass is 32.2. The first-order valence-corrected chi connectivity index (χ1v) is 11.9. The van der Waals surface area contributed by atoms with Crippen LogP contribution in [-0.4, -0.2) is 25.2 Å². The Balaban J connectivity index is 1.38. The van der Waals surface area contributed by atoms with E-state index in [1.165, 1.54) is 34.0 Å². The normalized spacial score (nSPS) is 12.4. The van der Waals surface area contributed by atoms with E-state index in [-0.39, 0.29) is 5.92 Å². The van der Waals surface area contributed by atoms with Gasteiger partial charge in [0.25, 0.3) is 5.22 Å². The Morgan fingerprint density at radius 3 is 2.47 bits per heavy atom. The van der Waals surface area contributed by atoms with Crippen LogP contribution in [0, 0.1) is 19.8 Å². The molecule has 0 radical (unpaired) electrons. The Hall–Kier alpha value is -2.93. The quantitative estimate of drug-likeness (QED) is 0.313. The summed E-state index contributed by atoms with van der Waals surface area (Å²) in [6, 6.07) is 15.0. The molecular formula is C25H29N5OS. The molecule has 32 heavy (non-hydrogen) atoms. The van der Waals surface area contributed by atoms with E-state index in [1.54, 1.807) is 0 Å². The Morgan fingerprint density at radius 2 is 1.75 bits per heavy atom. The van der Waals surface area contributed by atoms with Gasteiger partial charge in [-0.3, -0.25) is 0 Å². The summed E-state index contributed by atoms with van der Waals surface area (Å²) in [7, 11) is 0. The molecular weight excluding hydrogens is 418 g/mol. The second-order valence-electron chi connectivity index (χ2n) is 8.70. The molecule has 0 aliphatic rings. The molecule has 0 aliphatic carbocycles. The second-order valence-corrected chi connectivity index (χ2v) is 9.63. The number of nitrogens with zero attached hydrogens (tertiary/aromatic N) is 5. The summed E-state index contributed by atoms with van der Waals surface area (Å²) in [4.78, 5) is 0. The monoisotopic (exact) mass is 447 g/mol. The minimum atomic E-state index is 0.0512. The lowest BCUT2D eigenvalue weighted by Gasteiger charge is -2.09. The van der Waals surface area contributed by atoms with Gasteiger partial charge >= 0.3 is 0 Å². The van der Waals surface area contributed by atoms with Crippen molar-refractivity contribution < 1.29 is 4.42 Å². The maximum absolute atomic E-state index is 5.93. The number of aryl methyl sites for hydroxylation is 2. The van der Waals surface area contributed by atoms with Crippen LogP contribution < -0.4 is 0 Å². The fourth-order valence-electron chi connectivity index (χ4n) is 3.69. The van der Waals surface area contributed by atoms with Gasteiger partial charge < -0.3 is 4.42 Å². The zero-order valence-corrected chi connectivity index (χ0v) is 20.1. The maximum atomic E-state index is 5.93. The van der Waals surface area contributed by atoms with Crippen molar-refractivity contribution in [3.63, 3.8) is 0 Å². The van der Waals surface area contributed by atoms with Gasteiger partial charge in [0.05, 0.1) is 23.5 Å². The van der Waals surface area contributed by atoms with Gasteiger partial charge in [-0.2, -0.15) is 0 Å². The SMILES string of the molecule is Cc1ccc(-n2cc(CSc3nnc(C(C)c4ccc(CC(C)C)cc4)o3)nn2)c(C)c1. The number of hydrogen-bond donors (Lipinski definition) is 0. The van der Waals surface area contributed by atoms with Crippen molar-refractivity contribution in [3.8, 4) is 5.69 Å². The van der Waals surface area contributed by atoms with Crippen LogP contribution in [-0.2, 0) is 12.2 Å². The number of benzene rings is 2. The molecule has 0 spiro atoms. The van der Waals surface area contributed by atoms with E-state index in [2.05, 4.69) is 97.6 Å². The molecule has 6 nitrogen and oxygen atoms in total. The summed E-state index contributed by atoms with van der Waals surface area (Å²) < 4.78 is 7.74. The Morgan fingerprint density at radius 1 is 0.969 bits per heavy atom. The lowest BCUT2D eigenvalue weighted by Crippen LogP contribution is -1.98. The van der Waals surface area contributed by atoms with Crippen LogP contribution >= 0.6 is 11.8 Å². The Labute approximate surface area is 193 Å². The summed E-state index contributed by atoms with van der Waals surface area (Å²) in [5.41, 5.74) is 6.83. The van der Waals surface area contributed by atoms with E-state index < -0.39 is 0 Å². The van der Waals surface area contributed by atoms with Crippen LogP contribution in [0.25, 0.3) is 5.69 Å². The van der Waals surface area contributed by atoms with Gasteiger partial charge in [-0.1, -0.05) is 72.8 Å². The smallest absolute Gasteiger partial charge is 0.276 e. The van der Waals surface area contributed by atoms with E-state index in [1.807, 2.05) is 10.9 Å². The van der Waals surface area contributed by atoms with Gasteiger partial charge in [0.1, 0.15) is 0 Å². The summed E-state index contributed by atoms with van der Waals surface area (Å²) in [6.45, 7) is 10.7. The minimum absolute atomic E-state index is 0.0512. The lowest BCUT2D eigenvalue weighted by molar-refractivity contribution is 0.404. The molecule has 0 saturated carbocycles. The van der Waals surface area contributed by atoms with Crippen LogP contribution in [0.5, 0.6) is 0 Å². The number of aromatic nitrogens is 5. The molecule has 2 aromatic heterocycles. The van der Waals surface area contributed by atoms with Crippen molar-refractivity contribution in [2.24, 2.45) is 5.92 Å². The number of hydrogen-bond acceptors (Lipinski definition) is 6. The molecule has 0 N–H and O–H groups in total. The van der Waals surface area contributed by atoms with E-state index in [0.717, 1.165) is 17.8 Å². The highest BCUT2D eigenvalue weighted by molar-refractivity contribution is 7.98. The number of thioether (sulfide) groups is 1. The Kier molecular flexibility index (Phi) is 6.74. The minimum Gasteiger partial charge on any atom is -0.415 e. The lowest BCUT2D eigenvalue weighted by atomic mass is 9.97. The maximum Gasteiger partial charge on any atom is 0.276 e. The van der Waals surface area contributed by atoms with Crippen LogP contribution in [0.15, 0.2) is 58.3 Å². The third kappa shape index (κ3) is 5.27. The molecule has 4 aromatic rings. The van der Waals surface area contributed by atoms with Crippen LogP contribution in [0.2, 0.25) is 0 Å². The van der Waals surface area contributed by atoms with Crippen molar-refractivity contribution in [2.45, 2.75) is 57.9 Å². The van der Waals surface area contributed by atoms with E-state index >= 15 is 0 Å². The fraction of sp³-hybridized carbons (Fsp3) is 0.360. The average molecular weight is 448 g/mol. The molecule has 0 aliphatic heterocycles. The van der Waals surface area contributed by atoms with Crippen molar-refractivity contribution in [2.75, 3.05) is 0 Å². The van der Waals surface area contributed by atoms with E-state index in [0.29, 0.717) is 22.8 Å². The van der Waals surface area contributed by atoms with Crippen molar-refractivity contribution >= 4 is 11.8 Å². The molecule has 2 heterocycles. The molecule has 0 bridgehead atoms. The second kappa shape index (κ2) is 9.69. The standard InChI is InChI=1S/C25H29N5OS/c1-16(2)12-20-7-9-21(10-8-20)19(5)24-27-28-25(31-24)32-15-22-14-30(29-26-22)23-11-6-17(3)13-18(23)4/h6-11,13-14,16,19H,12,15H2,1-5H3. The molecule has 7 heteroatoms. The van der Waals surface area contributed by atoms with Gasteiger partial charge in [0.15, 0.2) is 0 Å². The van der Waals surface area contributed by atoms with Crippen molar-refractivity contribution in [1.82, 2.24) is 25.2 Å². The average Bonchev–Trinajstić information content (AvgIpc) is 3.42. The first-order valence-electron chi connectivity index (χ1n) is 10.9. The van der Waals surface area contributed by atoms with Gasteiger partial charge in [0, 0.05) is 5.75 Å². The summed E-state index contributed by atoms with van der Waals surface area (Å²) >= 11 is 1.48.